The Hall–Kier alpha value is -2.71. The van der Waals surface area contributed by atoms with Crippen molar-refractivity contribution >= 4 is 29.5 Å². The Morgan fingerprint density at radius 2 is 2.10 bits per heavy atom. The molecule has 0 unspecified atom stereocenters. The first-order chi connectivity index (χ1) is 14.5. The van der Waals surface area contributed by atoms with E-state index < -0.39 is 5.97 Å². The second-order valence-electron chi connectivity index (χ2n) is 7.22. The molecule has 5 rings (SSSR count). The van der Waals surface area contributed by atoms with E-state index in [1.54, 1.807) is 4.90 Å². The molecule has 2 N–H and O–H groups in total. The number of nitrogens with one attached hydrogen (secondary N) is 1. The zero-order valence-electron chi connectivity index (χ0n) is 15.8. The molecule has 160 valence electrons. The number of carboxylic acid groups (broad SMARTS) is 1. The molecule has 0 bridgehead atoms. The summed E-state index contributed by atoms with van der Waals surface area (Å²) in [7, 11) is 0. The molecular weight excluding hydrogens is 418 g/mol. The molecule has 0 radical (unpaired) electrons. The first-order valence-electron chi connectivity index (χ1n) is 9.48. The van der Waals surface area contributed by atoms with E-state index in [4.69, 9.17) is 9.47 Å². The van der Waals surface area contributed by atoms with Gasteiger partial charge in [-0.1, -0.05) is 11.8 Å². The Morgan fingerprint density at radius 3 is 2.87 bits per heavy atom. The molecule has 2 amide bonds. The molecule has 1 aromatic heterocycles. The SMILES string of the molecule is O=C(O)C1=C(CSc2nnnn2CC(=O)N2CCOCC2)O[C@@H]2CN[C@@H]3C(=O)N1[C@@H]32. The van der Waals surface area contributed by atoms with E-state index in [9.17, 15) is 19.5 Å². The molecule has 5 heterocycles. The Bertz CT molecular complexity index is 929. The van der Waals surface area contributed by atoms with Crippen molar-refractivity contribution in [2.45, 2.75) is 29.9 Å². The van der Waals surface area contributed by atoms with E-state index in [0.717, 1.165) is 11.8 Å². The van der Waals surface area contributed by atoms with Crippen molar-refractivity contribution < 1.29 is 29.0 Å². The van der Waals surface area contributed by atoms with Crippen molar-refractivity contribution in [3.05, 3.63) is 11.5 Å². The number of ether oxygens (including phenoxy) is 2. The average molecular weight is 437 g/mol. The minimum Gasteiger partial charge on any atom is -0.488 e. The summed E-state index contributed by atoms with van der Waals surface area (Å²) in [4.78, 5) is 39.6. The van der Waals surface area contributed by atoms with Gasteiger partial charge in [0.05, 0.1) is 25.0 Å². The van der Waals surface area contributed by atoms with E-state index in [0.29, 0.717) is 38.0 Å². The number of carbonyl (C=O) groups excluding carboxylic acids is 2. The number of hydrogen-bond donors (Lipinski definition) is 2. The number of rotatable bonds is 6. The molecule has 0 saturated carbocycles. The molecule has 4 aliphatic rings. The van der Waals surface area contributed by atoms with Crippen molar-refractivity contribution in [3.8, 4) is 0 Å². The fraction of sp³-hybridized carbons (Fsp3) is 0.625. The molecule has 0 aromatic carbocycles. The van der Waals surface area contributed by atoms with E-state index >= 15 is 0 Å². The molecule has 3 saturated heterocycles. The van der Waals surface area contributed by atoms with Gasteiger partial charge in [0.1, 0.15) is 24.4 Å². The van der Waals surface area contributed by atoms with Gasteiger partial charge >= 0.3 is 5.97 Å². The second-order valence-corrected chi connectivity index (χ2v) is 8.16. The maximum atomic E-state index is 12.5. The van der Waals surface area contributed by atoms with Crippen LogP contribution < -0.4 is 5.32 Å². The van der Waals surface area contributed by atoms with Gasteiger partial charge < -0.3 is 24.8 Å². The number of tetrazole rings is 1. The summed E-state index contributed by atoms with van der Waals surface area (Å²) in [5, 5.41) is 24.5. The van der Waals surface area contributed by atoms with Crippen molar-refractivity contribution in [2.24, 2.45) is 0 Å². The zero-order valence-corrected chi connectivity index (χ0v) is 16.6. The molecule has 1 aromatic rings. The number of hydrogen-bond acceptors (Lipinski definition) is 10. The van der Waals surface area contributed by atoms with Crippen LogP contribution in [-0.4, -0.2) is 110 Å². The fourth-order valence-corrected chi connectivity index (χ4v) is 4.91. The average Bonchev–Trinajstić information content (AvgIpc) is 3.36. The number of morpholine rings is 1. The van der Waals surface area contributed by atoms with E-state index in [2.05, 4.69) is 20.8 Å². The highest BCUT2D eigenvalue weighted by molar-refractivity contribution is 7.99. The Labute approximate surface area is 174 Å². The van der Waals surface area contributed by atoms with Gasteiger partial charge in [0.2, 0.25) is 17.0 Å². The summed E-state index contributed by atoms with van der Waals surface area (Å²) in [6.45, 7) is 2.49. The molecule has 3 fully saturated rings. The predicted molar refractivity (Wildman–Crippen MR) is 97.9 cm³/mol. The maximum absolute atomic E-state index is 12.5. The molecule has 13 nitrogen and oxygen atoms in total. The number of amides is 2. The predicted octanol–water partition coefficient (Wildman–Crippen LogP) is -2.50. The minimum absolute atomic E-state index is 0.0259. The Balaban J connectivity index is 1.30. The number of aliphatic carboxylic acids is 1. The minimum atomic E-state index is -1.22. The van der Waals surface area contributed by atoms with E-state index in [-0.39, 0.29) is 53.8 Å². The molecule has 30 heavy (non-hydrogen) atoms. The number of nitrogens with zero attached hydrogens (tertiary/aromatic N) is 6. The van der Waals surface area contributed by atoms with Gasteiger partial charge in [-0.25, -0.2) is 9.48 Å². The van der Waals surface area contributed by atoms with Gasteiger partial charge in [-0.15, -0.1) is 5.10 Å². The summed E-state index contributed by atoms with van der Waals surface area (Å²) >= 11 is 1.15. The second kappa shape index (κ2) is 7.52. The van der Waals surface area contributed by atoms with E-state index in [1.165, 1.54) is 9.58 Å². The van der Waals surface area contributed by atoms with Gasteiger partial charge in [-0.2, -0.15) is 0 Å². The van der Waals surface area contributed by atoms with Crippen LogP contribution in [0.15, 0.2) is 16.6 Å². The van der Waals surface area contributed by atoms with Crippen molar-refractivity contribution in [3.63, 3.8) is 0 Å². The van der Waals surface area contributed by atoms with Gasteiger partial charge in [0.25, 0.3) is 0 Å². The van der Waals surface area contributed by atoms with Crippen LogP contribution in [0.4, 0.5) is 0 Å². The summed E-state index contributed by atoms with van der Waals surface area (Å²) < 4.78 is 12.5. The lowest BCUT2D eigenvalue weighted by atomic mass is 9.92. The first-order valence-corrected chi connectivity index (χ1v) is 10.5. The first kappa shape index (κ1) is 19.3. The molecule has 4 aliphatic heterocycles. The molecule has 0 spiro atoms. The van der Waals surface area contributed by atoms with Crippen molar-refractivity contribution in [1.29, 1.82) is 0 Å². The van der Waals surface area contributed by atoms with Gasteiger partial charge in [-0.05, 0) is 10.4 Å². The van der Waals surface area contributed by atoms with Crippen LogP contribution in [0.1, 0.15) is 0 Å². The largest absolute Gasteiger partial charge is 0.488 e. The normalized spacial score (nSPS) is 27.6. The van der Waals surface area contributed by atoms with Gasteiger partial charge in [0, 0.05) is 19.6 Å². The lowest BCUT2D eigenvalue weighted by Gasteiger charge is -2.48. The summed E-state index contributed by atoms with van der Waals surface area (Å²) in [6, 6.07) is -0.661. The molecule has 3 atom stereocenters. The quantitative estimate of drug-likeness (QED) is 0.359. The number of thioether (sulfide) groups is 1. The van der Waals surface area contributed by atoms with Gasteiger partial charge in [-0.3, -0.25) is 14.5 Å². The number of carbonyl (C=O) groups is 3. The van der Waals surface area contributed by atoms with E-state index in [1.807, 2.05) is 0 Å². The zero-order chi connectivity index (χ0) is 20.8. The number of carboxylic acids is 1. The smallest absolute Gasteiger partial charge is 0.356 e. The standard InChI is InChI=1S/C16H19N7O6S/c24-10(21-1-3-28-4-2-21)6-22-16(18-19-20-22)30-7-9-13(15(26)27)23-12-8(29-9)5-17-11(12)14(23)25/h8,11-12,17H,1-7H2,(H,26,27)/t8-,11+,12-/m1/s1. The topological polar surface area (TPSA) is 152 Å². The van der Waals surface area contributed by atoms with Crippen LogP contribution >= 0.6 is 11.8 Å². The fourth-order valence-electron chi connectivity index (χ4n) is 4.10. The maximum Gasteiger partial charge on any atom is 0.356 e. The van der Waals surface area contributed by atoms with Crippen LogP contribution in [0.25, 0.3) is 0 Å². The summed E-state index contributed by atoms with van der Waals surface area (Å²) in [5.41, 5.74) is -0.142. The summed E-state index contributed by atoms with van der Waals surface area (Å²) in [5.74, 6) is -1.29. The molecule has 0 aliphatic carbocycles. The third-order valence-corrected chi connectivity index (χ3v) is 6.50. The third-order valence-electron chi connectivity index (χ3n) is 5.54. The number of aromatic nitrogens is 4. The van der Waals surface area contributed by atoms with Gasteiger partial charge in [0.15, 0.2) is 5.70 Å². The van der Waals surface area contributed by atoms with Crippen LogP contribution in [0.2, 0.25) is 0 Å². The Kier molecular flexibility index (Phi) is 4.83. The lowest BCUT2D eigenvalue weighted by Crippen LogP contribution is -2.69. The van der Waals surface area contributed by atoms with Crippen molar-refractivity contribution in [2.75, 3.05) is 38.6 Å². The highest BCUT2D eigenvalue weighted by atomic mass is 32.2. The van der Waals surface area contributed by atoms with Crippen LogP contribution in [-0.2, 0) is 30.4 Å². The molecule has 14 heteroatoms. The van der Waals surface area contributed by atoms with Crippen LogP contribution in [0, 0.1) is 0 Å². The number of β-lactam (4-membered cyclic amide) rings is 1. The lowest BCUT2D eigenvalue weighted by molar-refractivity contribution is -0.158. The highest BCUT2D eigenvalue weighted by Crippen LogP contribution is 2.40. The van der Waals surface area contributed by atoms with Crippen LogP contribution in [0.5, 0.6) is 0 Å². The Morgan fingerprint density at radius 1 is 1.30 bits per heavy atom. The molecular formula is C16H19N7O6S. The third kappa shape index (κ3) is 3.11. The summed E-state index contributed by atoms with van der Waals surface area (Å²) in [6.07, 6.45) is -0.287. The van der Waals surface area contributed by atoms with Crippen molar-refractivity contribution in [1.82, 2.24) is 35.3 Å². The van der Waals surface area contributed by atoms with Crippen LogP contribution in [0.3, 0.4) is 0 Å². The highest BCUT2D eigenvalue weighted by Gasteiger charge is 2.61. The monoisotopic (exact) mass is 437 g/mol.